The number of pyridine rings is 1. The summed E-state index contributed by atoms with van der Waals surface area (Å²) < 4.78 is 7.58. The van der Waals surface area contributed by atoms with Crippen LogP contribution in [0, 0.1) is 5.92 Å². The van der Waals surface area contributed by atoms with Crippen molar-refractivity contribution in [1.82, 2.24) is 0 Å². The molecule has 0 bridgehead atoms. The first kappa shape index (κ1) is 19.1. The Morgan fingerprint density at radius 3 is 2.41 bits per heavy atom. The third-order valence-corrected chi connectivity index (χ3v) is 5.09. The number of carbonyl (C=O) groups excluding carboxylic acids is 1. The number of Topliss-reactive ketones (excluding diaryl/α,β-unsaturated/α-hetero) is 1. The fourth-order valence-corrected chi connectivity index (χ4v) is 3.73. The molecule has 0 amide bonds. The molecule has 3 aromatic rings. The highest BCUT2D eigenvalue weighted by atomic mass is 35.5. The van der Waals surface area contributed by atoms with E-state index in [1.807, 2.05) is 24.3 Å². The van der Waals surface area contributed by atoms with Gasteiger partial charge >= 0.3 is 0 Å². The SMILES string of the molecule is COc1cccc2c1CC(Cc1cc[n+](Cc3ccccc3)cc1)C2=O.[Cl-]. The number of fused-ring (bicyclic) bond motifs is 1. The molecule has 0 radical (unpaired) electrons. The third-order valence-electron chi connectivity index (χ3n) is 5.09. The van der Waals surface area contributed by atoms with Crippen molar-refractivity contribution in [3.8, 4) is 5.75 Å². The minimum absolute atomic E-state index is 0. The number of ketones is 1. The lowest BCUT2D eigenvalue weighted by molar-refractivity contribution is -0.688. The molecule has 0 spiro atoms. The summed E-state index contributed by atoms with van der Waals surface area (Å²) in [4.78, 5) is 12.7. The minimum atomic E-state index is 0. The van der Waals surface area contributed by atoms with Gasteiger partial charge in [-0.05, 0) is 24.5 Å². The summed E-state index contributed by atoms with van der Waals surface area (Å²) in [6.45, 7) is 0.853. The second-order valence-corrected chi connectivity index (χ2v) is 6.82. The lowest BCUT2D eigenvalue weighted by Crippen LogP contribution is -3.00. The van der Waals surface area contributed by atoms with E-state index in [2.05, 4.69) is 53.4 Å². The van der Waals surface area contributed by atoms with Crippen molar-refractivity contribution < 1.29 is 26.5 Å². The normalized spacial score (nSPS) is 15.1. The number of hydrogen-bond acceptors (Lipinski definition) is 2. The van der Waals surface area contributed by atoms with Crippen molar-refractivity contribution in [2.24, 2.45) is 5.92 Å². The van der Waals surface area contributed by atoms with Crippen LogP contribution in [0.4, 0.5) is 0 Å². The van der Waals surface area contributed by atoms with Crippen molar-refractivity contribution in [3.63, 3.8) is 0 Å². The van der Waals surface area contributed by atoms with Crippen LogP contribution >= 0.6 is 0 Å². The molecule has 3 nitrogen and oxygen atoms in total. The van der Waals surface area contributed by atoms with Gasteiger partial charge < -0.3 is 17.1 Å². The molecule has 1 aliphatic carbocycles. The molecule has 2 aromatic carbocycles. The van der Waals surface area contributed by atoms with E-state index in [4.69, 9.17) is 4.74 Å². The van der Waals surface area contributed by atoms with Crippen LogP contribution in [-0.2, 0) is 19.4 Å². The van der Waals surface area contributed by atoms with E-state index in [1.54, 1.807) is 7.11 Å². The van der Waals surface area contributed by atoms with E-state index in [-0.39, 0.29) is 24.1 Å². The number of nitrogens with zero attached hydrogens (tertiary/aromatic N) is 1. The predicted molar refractivity (Wildman–Crippen MR) is 100 cm³/mol. The van der Waals surface area contributed by atoms with E-state index in [9.17, 15) is 4.79 Å². The molecular weight excluding hydrogens is 358 g/mol. The van der Waals surface area contributed by atoms with Gasteiger partial charge in [0.25, 0.3) is 0 Å². The maximum absolute atomic E-state index is 12.7. The van der Waals surface area contributed by atoms with Gasteiger partial charge in [-0.15, -0.1) is 0 Å². The summed E-state index contributed by atoms with van der Waals surface area (Å²) in [5, 5.41) is 0. The standard InChI is InChI=1S/C23H22NO2.ClH/c1-26-22-9-5-8-20-21(22)15-19(23(20)25)14-17-10-12-24(13-11-17)16-18-6-3-2-4-7-18;/h2-13,19H,14-16H2,1H3;1H/q+1;/p-1. The van der Waals surface area contributed by atoms with Crippen molar-refractivity contribution in [1.29, 1.82) is 0 Å². The van der Waals surface area contributed by atoms with Crippen LogP contribution in [0.1, 0.15) is 27.0 Å². The number of aromatic nitrogens is 1. The molecule has 0 aliphatic heterocycles. The first-order valence-electron chi connectivity index (χ1n) is 8.96. The van der Waals surface area contributed by atoms with E-state index >= 15 is 0 Å². The summed E-state index contributed by atoms with van der Waals surface area (Å²) in [5.74, 6) is 1.07. The quantitative estimate of drug-likeness (QED) is 0.609. The molecule has 27 heavy (non-hydrogen) atoms. The molecule has 4 heteroatoms. The fourth-order valence-electron chi connectivity index (χ4n) is 3.73. The molecular formula is C23H22ClNO2. The highest BCUT2D eigenvalue weighted by molar-refractivity contribution is 6.03. The summed E-state index contributed by atoms with van der Waals surface area (Å²) in [6.07, 6.45) is 5.71. The number of carbonyl (C=O) groups is 1. The minimum Gasteiger partial charge on any atom is -1.00 e. The Morgan fingerprint density at radius 2 is 1.70 bits per heavy atom. The van der Waals surface area contributed by atoms with Crippen LogP contribution in [0.25, 0.3) is 0 Å². The van der Waals surface area contributed by atoms with Gasteiger partial charge in [-0.1, -0.05) is 42.5 Å². The predicted octanol–water partition coefficient (Wildman–Crippen LogP) is 0.633. The molecule has 1 atom stereocenters. The maximum Gasteiger partial charge on any atom is 0.173 e. The zero-order valence-corrected chi connectivity index (χ0v) is 16.0. The number of halogens is 1. The van der Waals surface area contributed by atoms with Gasteiger partial charge in [0.05, 0.1) is 7.11 Å². The largest absolute Gasteiger partial charge is 1.00 e. The second-order valence-electron chi connectivity index (χ2n) is 6.82. The van der Waals surface area contributed by atoms with E-state index < -0.39 is 0 Å². The lowest BCUT2D eigenvalue weighted by Gasteiger charge is -2.08. The molecule has 0 N–H and O–H groups in total. The highest BCUT2D eigenvalue weighted by Gasteiger charge is 2.32. The molecule has 1 aromatic heterocycles. The second kappa shape index (κ2) is 8.36. The lowest BCUT2D eigenvalue weighted by atomic mass is 9.96. The average Bonchev–Trinajstić information content (AvgIpc) is 3.00. The summed E-state index contributed by atoms with van der Waals surface area (Å²) in [7, 11) is 1.66. The highest BCUT2D eigenvalue weighted by Crippen LogP contribution is 2.34. The van der Waals surface area contributed by atoms with Crippen LogP contribution < -0.4 is 21.7 Å². The van der Waals surface area contributed by atoms with Gasteiger partial charge in [0, 0.05) is 34.7 Å². The first-order chi connectivity index (χ1) is 12.7. The van der Waals surface area contributed by atoms with Gasteiger partial charge in [0.15, 0.2) is 24.7 Å². The van der Waals surface area contributed by atoms with Gasteiger partial charge in [0.2, 0.25) is 0 Å². The monoisotopic (exact) mass is 379 g/mol. The molecule has 138 valence electrons. The number of methoxy groups -OCH3 is 1. The zero-order valence-electron chi connectivity index (χ0n) is 15.3. The summed E-state index contributed by atoms with van der Waals surface area (Å²) in [6, 6.07) is 20.4. The van der Waals surface area contributed by atoms with Crippen molar-refractivity contribution in [3.05, 3.63) is 95.3 Å². The van der Waals surface area contributed by atoms with Crippen LogP contribution in [0.2, 0.25) is 0 Å². The van der Waals surface area contributed by atoms with Gasteiger partial charge in [-0.2, -0.15) is 0 Å². The van der Waals surface area contributed by atoms with E-state index in [0.29, 0.717) is 0 Å². The molecule has 1 heterocycles. The number of ether oxygens (including phenoxy) is 1. The number of rotatable bonds is 5. The summed E-state index contributed by atoms with van der Waals surface area (Å²) in [5.41, 5.74) is 4.35. The van der Waals surface area contributed by atoms with Crippen LogP contribution in [-0.4, -0.2) is 12.9 Å². The Hall–Kier alpha value is -2.65. The van der Waals surface area contributed by atoms with Gasteiger partial charge in [-0.25, -0.2) is 4.57 Å². The van der Waals surface area contributed by atoms with Crippen molar-refractivity contribution in [2.75, 3.05) is 7.11 Å². The van der Waals surface area contributed by atoms with Crippen LogP contribution in [0.15, 0.2) is 73.1 Å². The first-order valence-corrected chi connectivity index (χ1v) is 8.96. The zero-order chi connectivity index (χ0) is 17.9. The van der Waals surface area contributed by atoms with E-state index in [1.165, 1.54) is 11.1 Å². The Bertz CT molecular complexity index is 923. The maximum atomic E-state index is 12.7. The van der Waals surface area contributed by atoms with Crippen molar-refractivity contribution in [2.45, 2.75) is 19.4 Å². The molecule has 0 saturated carbocycles. The summed E-state index contributed by atoms with van der Waals surface area (Å²) >= 11 is 0. The number of benzene rings is 2. The number of hydrogen-bond donors (Lipinski definition) is 0. The van der Waals surface area contributed by atoms with E-state index in [0.717, 1.165) is 36.3 Å². The molecule has 0 fully saturated rings. The Balaban J connectivity index is 0.00000210. The molecule has 1 aliphatic rings. The van der Waals surface area contributed by atoms with Crippen molar-refractivity contribution >= 4 is 5.78 Å². The fraction of sp³-hybridized carbons (Fsp3) is 0.217. The average molecular weight is 380 g/mol. The third kappa shape index (κ3) is 4.04. The molecule has 0 saturated heterocycles. The molecule has 1 unspecified atom stereocenters. The molecule has 4 rings (SSSR count). The van der Waals surface area contributed by atoms with Gasteiger partial charge in [-0.3, -0.25) is 4.79 Å². The van der Waals surface area contributed by atoms with Gasteiger partial charge in [0.1, 0.15) is 5.75 Å². The van der Waals surface area contributed by atoms with Crippen LogP contribution in [0.3, 0.4) is 0 Å². The Kier molecular flexibility index (Phi) is 5.92. The topological polar surface area (TPSA) is 30.2 Å². The smallest absolute Gasteiger partial charge is 0.173 e. The Labute approximate surface area is 166 Å². The van der Waals surface area contributed by atoms with Crippen LogP contribution in [0.5, 0.6) is 5.75 Å². The Morgan fingerprint density at radius 1 is 0.963 bits per heavy atom.